The molecule has 0 saturated carbocycles. The van der Waals surface area contributed by atoms with Crippen molar-refractivity contribution in [2.75, 3.05) is 50.7 Å². The molecule has 0 unspecified atom stereocenters. The van der Waals surface area contributed by atoms with Gasteiger partial charge in [-0.15, -0.1) is 0 Å². The van der Waals surface area contributed by atoms with Gasteiger partial charge in [-0.2, -0.15) is 0 Å². The van der Waals surface area contributed by atoms with Gasteiger partial charge in [0.15, 0.2) is 0 Å². The number of nitrogens with one attached hydrogen (secondary N) is 2. The normalized spacial score (nSPS) is 21.0. The SMILES string of the molecule is CC(C)(C)OC(=O)N1C(=N[C@@H](CCN2CCNCC2)c2ccc(Cl)cc2)C12CCN(c1ncnc3[nH]ccc13)CC2. The summed E-state index contributed by atoms with van der Waals surface area (Å²) in [7, 11) is 0. The van der Waals surface area contributed by atoms with Crippen molar-refractivity contribution in [1.29, 1.82) is 0 Å². The number of hydrogen-bond donors (Lipinski definition) is 2. The number of rotatable bonds is 6. The van der Waals surface area contributed by atoms with Crippen LogP contribution in [0, 0.1) is 0 Å². The summed E-state index contributed by atoms with van der Waals surface area (Å²) in [5, 5.41) is 5.14. The number of ether oxygens (including phenoxy) is 1. The Bertz CT molecular complexity index is 1400. The highest BCUT2D eigenvalue weighted by Crippen LogP contribution is 2.48. The molecule has 0 radical (unpaired) electrons. The second kappa shape index (κ2) is 11.2. The van der Waals surface area contributed by atoms with Crippen LogP contribution in [0.4, 0.5) is 10.6 Å². The number of amidine groups is 1. The zero-order valence-electron chi connectivity index (χ0n) is 24.1. The lowest BCUT2D eigenvalue weighted by atomic mass is 9.95. The molecule has 3 aromatic rings. The first-order valence-electron chi connectivity index (χ1n) is 14.6. The Hall–Kier alpha value is -3.21. The highest BCUT2D eigenvalue weighted by Gasteiger charge is 2.65. The van der Waals surface area contributed by atoms with Gasteiger partial charge in [-0.3, -0.25) is 4.99 Å². The summed E-state index contributed by atoms with van der Waals surface area (Å²) in [5.41, 5.74) is 0.903. The zero-order valence-corrected chi connectivity index (χ0v) is 24.8. The third kappa shape index (κ3) is 5.91. The molecule has 1 atom stereocenters. The lowest BCUT2D eigenvalue weighted by Gasteiger charge is -2.32. The molecule has 3 saturated heterocycles. The van der Waals surface area contributed by atoms with Gasteiger partial charge < -0.3 is 24.8 Å². The Morgan fingerprint density at radius 1 is 1.10 bits per heavy atom. The summed E-state index contributed by atoms with van der Waals surface area (Å²) in [5.74, 6) is 1.75. The molecule has 2 aromatic heterocycles. The fourth-order valence-corrected chi connectivity index (χ4v) is 6.20. The molecule has 0 aliphatic carbocycles. The van der Waals surface area contributed by atoms with Gasteiger partial charge in [0.2, 0.25) is 0 Å². The number of amides is 1. The van der Waals surface area contributed by atoms with Crippen molar-refractivity contribution in [3.63, 3.8) is 0 Å². The number of carbonyl (C=O) groups is 1. The molecule has 41 heavy (non-hydrogen) atoms. The minimum Gasteiger partial charge on any atom is -0.443 e. The van der Waals surface area contributed by atoms with Crippen LogP contribution in [0.5, 0.6) is 0 Å². The summed E-state index contributed by atoms with van der Waals surface area (Å²) >= 11 is 6.23. The number of aliphatic imine (C=N–C) groups is 1. The van der Waals surface area contributed by atoms with E-state index in [1.807, 2.05) is 50.1 Å². The van der Waals surface area contributed by atoms with E-state index in [1.54, 1.807) is 6.33 Å². The van der Waals surface area contributed by atoms with Gasteiger partial charge >= 0.3 is 6.09 Å². The summed E-state index contributed by atoms with van der Waals surface area (Å²) in [6, 6.07) is 9.89. The number of halogens is 1. The fourth-order valence-electron chi connectivity index (χ4n) is 6.07. The highest BCUT2D eigenvalue weighted by molar-refractivity contribution is 6.30. The predicted molar refractivity (Wildman–Crippen MR) is 162 cm³/mol. The number of benzene rings is 1. The molecular weight excluding hydrogens is 540 g/mol. The second-order valence-corrected chi connectivity index (χ2v) is 12.6. The van der Waals surface area contributed by atoms with Crippen LogP contribution in [-0.2, 0) is 4.74 Å². The van der Waals surface area contributed by atoms with Crippen molar-refractivity contribution >= 4 is 40.4 Å². The average Bonchev–Trinajstić information content (AvgIpc) is 3.28. The van der Waals surface area contributed by atoms with Crippen molar-refractivity contribution in [1.82, 2.24) is 30.1 Å². The number of hydrogen-bond acceptors (Lipinski definition) is 8. The van der Waals surface area contributed by atoms with Gasteiger partial charge in [-0.05, 0) is 63.8 Å². The third-order valence-electron chi connectivity index (χ3n) is 8.27. The smallest absolute Gasteiger partial charge is 0.416 e. The Balaban J connectivity index is 1.27. The molecule has 1 spiro atoms. The molecule has 3 aliphatic heterocycles. The van der Waals surface area contributed by atoms with Crippen LogP contribution in [0.25, 0.3) is 11.0 Å². The van der Waals surface area contributed by atoms with Crippen LogP contribution >= 0.6 is 11.6 Å². The van der Waals surface area contributed by atoms with E-state index < -0.39 is 11.1 Å². The molecule has 1 aromatic carbocycles. The van der Waals surface area contributed by atoms with Gasteiger partial charge in [0.25, 0.3) is 0 Å². The predicted octanol–water partition coefficient (Wildman–Crippen LogP) is 4.64. The molecule has 3 aliphatic rings. The number of aromatic amines is 1. The standard InChI is InChI=1S/C30H39ClN8O2/c1-29(2,3)41-28(40)39-27(30(39)10-16-38(17-11-30)26-23-8-12-33-25(23)34-20-35-26)36-24(21-4-6-22(31)7-5-21)9-15-37-18-13-32-14-19-37/h4-8,12,20,24,32H,9-11,13-19H2,1-3H3,(H,33,34,35)/t24-,39?/m0/s1. The van der Waals surface area contributed by atoms with Gasteiger partial charge in [-0.25, -0.2) is 19.7 Å². The number of anilines is 1. The first kappa shape index (κ1) is 27.9. The van der Waals surface area contributed by atoms with E-state index in [0.29, 0.717) is 5.02 Å². The number of H-pyrrole nitrogens is 1. The first-order chi connectivity index (χ1) is 19.7. The van der Waals surface area contributed by atoms with E-state index in [-0.39, 0.29) is 12.1 Å². The number of fused-ring (bicyclic) bond motifs is 1. The van der Waals surface area contributed by atoms with E-state index in [9.17, 15) is 4.79 Å². The molecule has 5 heterocycles. The Labute approximate surface area is 246 Å². The maximum absolute atomic E-state index is 13.5. The average molecular weight is 579 g/mol. The zero-order chi connectivity index (χ0) is 28.6. The third-order valence-corrected chi connectivity index (χ3v) is 8.52. The van der Waals surface area contributed by atoms with E-state index in [1.165, 1.54) is 0 Å². The Morgan fingerprint density at radius 3 is 2.54 bits per heavy atom. The minimum absolute atomic E-state index is 0.0826. The van der Waals surface area contributed by atoms with Crippen molar-refractivity contribution in [2.24, 2.45) is 4.99 Å². The molecule has 0 bridgehead atoms. The summed E-state index contributed by atoms with van der Waals surface area (Å²) in [4.78, 5) is 37.5. The highest BCUT2D eigenvalue weighted by atomic mass is 35.5. The molecule has 2 N–H and O–H groups in total. The second-order valence-electron chi connectivity index (χ2n) is 12.2. The van der Waals surface area contributed by atoms with E-state index >= 15 is 0 Å². The maximum Gasteiger partial charge on any atom is 0.416 e. The van der Waals surface area contributed by atoms with Crippen LogP contribution in [0.2, 0.25) is 5.02 Å². The molecule has 6 rings (SSSR count). The molecule has 10 nitrogen and oxygen atoms in total. The Kier molecular flexibility index (Phi) is 7.65. The largest absolute Gasteiger partial charge is 0.443 e. The monoisotopic (exact) mass is 578 g/mol. The quantitative estimate of drug-likeness (QED) is 0.411. The van der Waals surface area contributed by atoms with Gasteiger partial charge in [0.05, 0.1) is 11.4 Å². The van der Waals surface area contributed by atoms with Crippen LogP contribution in [-0.4, -0.2) is 93.6 Å². The molecule has 11 heteroatoms. The van der Waals surface area contributed by atoms with Crippen molar-refractivity contribution in [3.8, 4) is 0 Å². The van der Waals surface area contributed by atoms with E-state index in [4.69, 9.17) is 21.3 Å². The van der Waals surface area contributed by atoms with Gasteiger partial charge in [0, 0.05) is 57.0 Å². The summed E-state index contributed by atoms with van der Waals surface area (Å²) in [6.07, 6.45) is 5.54. The first-order valence-corrected chi connectivity index (χ1v) is 14.9. The van der Waals surface area contributed by atoms with Crippen LogP contribution < -0.4 is 10.2 Å². The molecule has 1 amide bonds. The number of nitrogens with zero attached hydrogens (tertiary/aromatic N) is 6. The van der Waals surface area contributed by atoms with Crippen molar-refractivity contribution in [2.45, 2.75) is 57.2 Å². The topological polar surface area (TPSA) is 102 Å². The number of piperazine rings is 1. The van der Waals surface area contributed by atoms with Crippen LogP contribution in [0.15, 0.2) is 47.8 Å². The maximum atomic E-state index is 13.5. The fraction of sp³-hybridized carbons (Fsp3) is 0.533. The Morgan fingerprint density at radius 2 is 1.83 bits per heavy atom. The van der Waals surface area contributed by atoms with Gasteiger partial charge in [0.1, 0.15) is 34.8 Å². The van der Waals surface area contributed by atoms with E-state index in [2.05, 4.69) is 42.2 Å². The van der Waals surface area contributed by atoms with Crippen molar-refractivity contribution in [3.05, 3.63) is 53.4 Å². The lowest BCUT2D eigenvalue weighted by Crippen LogP contribution is -2.44. The lowest BCUT2D eigenvalue weighted by molar-refractivity contribution is 0.0386. The molecule has 218 valence electrons. The summed E-state index contributed by atoms with van der Waals surface area (Å²) in [6.45, 7) is 12.2. The van der Waals surface area contributed by atoms with E-state index in [0.717, 1.165) is 93.3 Å². The van der Waals surface area contributed by atoms with Crippen molar-refractivity contribution < 1.29 is 9.53 Å². The number of aromatic nitrogens is 3. The summed E-state index contributed by atoms with van der Waals surface area (Å²) < 4.78 is 5.87. The minimum atomic E-state index is -0.592. The molecule has 3 fully saturated rings. The number of carbonyl (C=O) groups excluding carboxylic acids is 1. The molecular formula is C30H39ClN8O2. The van der Waals surface area contributed by atoms with Crippen LogP contribution in [0.1, 0.15) is 51.6 Å². The van der Waals surface area contributed by atoms with Crippen LogP contribution in [0.3, 0.4) is 0 Å². The number of piperidine rings is 1. The van der Waals surface area contributed by atoms with Gasteiger partial charge in [-0.1, -0.05) is 23.7 Å².